The maximum Gasteiger partial charge on any atom is 0.234 e. The molecule has 0 spiro atoms. The zero-order chi connectivity index (χ0) is 21.5. The van der Waals surface area contributed by atoms with E-state index < -0.39 is 0 Å². The van der Waals surface area contributed by atoms with Crippen molar-refractivity contribution in [3.63, 3.8) is 0 Å². The molecule has 0 radical (unpaired) electrons. The fraction of sp³-hybridized carbons (Fsp3) is 0.381. The first kappa shape index (κ1) is 21.9. The Morgan fingerprint density at radius 3 is 2.77 bits per heavy atom. The number of methoxy groups -OCH3 is 2. The molecular formula is C21H26N4O4S. The van der Waals surface area contributed by atoms with Crippen LogP contribution in [-0.2, 0) is 16.1 Å². The van der Waals surface area contributed by atoms with E-state index in [4.69, 9.17) is 13.9 Å². The third-order valence-corrected chi connectivity index (χ3v) is 5.47. The van der Waals surface area contributed by atoms with E-state index in [2.05, 4.69) is 15.5 Å². The Hall–Kier alpha value is -2.78. The highest BCUT2D eigenvalue weighted by atomic mass is 32.2. The molecule has 0 saturated carbocycles. The predicted octanol–water partition coefficient (Wildman–Crippen LogP) is 3.93. The smallest absolute Gasteiger partial charge is 0.234 e. The van der Waals surface area contributed by atoms with Gasteiger partial charge in [0, 0.05) is 20.3 Å². The molecule has 3 rings (SSSR count). The SMILES string of the molecule is COCCCn1c(SCC(=O)Nc2cc(C)ccc2OC)nnc1-c1ccoc1C. The Kier molecular flexibility index (Phi) is 7.53. The summed E-state index contributed by atoms with van der Waals surface area (Å²) in [6, 6.07) is 7.53. The number of nitrogens with zero attached hydrogens (tertiary/aromatic N) is 3. The van der Waals surface area contributed by atoms with Crippen LogP contribution < -0.4 is 10.1 Å². The molecule has 0 unspecified atom stereocenters. The minimum atomic E-state index is -0.142. The highest BCUT2D eigenvalue weighted by Crippen LogP contribution is 2.28. The minimum Gasteiger partial charge on any atom is -0.495 e. The molecule has 0 fully saturated rings. The van der Waals surface area contributed by atoms with Crippen molar-refractivity contribution < 1.29 is 18.7 Å². The third kappa shape index (κ3) is 5.22. The Labute approximate surface area is 180 Å². The van der Waals surface area contributed by atoms with Crippen molar-refractivity contribution in [3.8, 4) is 17.1 Å². The van der Waals surface area contributed by atoms with Crippen LogP contribution in [-0.4, -0.2) is 47.3 Å². The molecule has 0 aliphatic rings. The van der Waals surface area contributed by atoms with Gasteiger partial charge < -0.3 is 23.8 Å². The fourth-order valence-electron chi connectivity index (χ4n) is 3.02. The lowest BCUT2D eigenvalue weighted by Gasteiger charge is -2.12. The molecule has 3 aromatic rings. The first-order valence-corrected chi connectivity index (χ1v) is 10.6. The summed E-state index contributed by atoms with van der Waals surface area (Å²) in [5.41, 5.74) is 2.58. The summed E-state index contributed by atoms with van der Waals surface area (Å²) in [4.78, 5) is 12.5. The number of carbonyl (C=O) groups is 1. The van der Waals surface area contributed by atoms with Crippen LogP contribution >= 0.6 is 11.8 Å². The molecule has 0 aliphatic heterocycles. The van der Waals surface area contributed by atoms with Crippen molar-refractivity contribution in [2.75, 3.05) is 31.9 Å². The molecule has 0 aliphatic carbocycles. The van der Waals surface area contributed by atoms with Gasteiger partial charge in [-0.3, -0.25) is 4.79 Å². The zero-order valence-corrected chi connectivity index (χ0v) is 18.4. The molecule has 2 aromatic heterocycles. The van der Waals surface area contributed by atoms with Gasteiger partial charge in [0.2, 0.25) is 5.91 Å². The number of aryl methyl sites for hydroxylation is 2. The molecule has 0 saturated heterocycles. The molecule has 30 heavy (non-hydrogen) atoms. The highest BCUT2D eigenvalue weighted by molar-refractivity contribution is 7.99. The van der Waals surface area contributed by atoms with E-state index in [1.807, 2.05) is 42.7 Å². The quantitative estimate of drug-likeness (QED) is 0.385. The molecule has 0 bridgehead atoms. The molecule has 1 aromatic carbocycles. The number of amides is 1. The van der Waals surface area contributed by atoms with Crippen LogP contribution in [0.15, 0.2) is 40.1 Å². The molecule has 9 heteroatoms. The largest absolute Gasteiger partial charge is 0.495 e. The maximum atomic E-state index is 12.5. The maximum absolute atomic E-state index is 12.5. The van der Waals surface area contributed by atoms with Gasteiger partial charge in [0.1, 0.15) is 11.5 Å². The third-order valence-electron chi connectivity index (χ3n) is 4.51. The Morgan fingerprint density at radius 2 is 2.07 bits per heavy atom. The van der Waals surface area contributed by atoms with Crippen LogP contribution in [0.3, 0.4) is 0 Å². The number of nitrogens with one attached hydrogen (secondary N) is 1. The van der Waals surface area contributed by atoms with Gasteiger partial charge >= 0.3 is 0 Å². The fourth-order valence-corrected chi connectivity index (χ4v) is 3.78. The van der Waals surface area contributed by atoms with E-state index in [1.54, 1.807) is 20.5 Å². The van der Waals surface area contributed by atoms with Gasteiger partial charge in [0.25, 0.3) is 0 Å². The molecule has 160 valence electrons. The van der Waals surface area contributed by atoms with Crippen molar-refractivity contribution in [1.29, 1.82) is 0 Å². The van der Waals surface area contributed by atoms with Gasteiger partial charge in [-0.2, -0.15) is 0 Å². The van der Waals surface area contributed by atoms with Gasteiger partial charge in [0.05, 0.1) is 30.4 Å². The van der Waals surface area contributed by atoms with Crippen LogP contribution in [0.1, 0.15) is 17.7 Å². The van der Waals surface area contributed by atoms with E-state index in [1.165, 1.54) is 11.8 Å². The van der Waals surface area contributed by atoms with Gasteiger partial charge in [-0.05, 0) is 44.0 Å². The van der Waals surface area contributed by atoms with Crippen molar-refractivity contribution in [3.05, 3.63) is 41.9 Å². The number of ether oxygens (including phenoxy) is 2. The number of benzene rings is 1. The second-order valence-corrected chi connectivity index (χ2v) is 7.68. The van der Waals surface area contributed by atoms with Crippen LogP contribution in [0, 0.1) is 13.8 Å². The first-order valence-electron chi connectivity index (χ1n) is 9.57. The van der Waals surface area contributed by atoms with E-state index in [-0.39, 0.29) is 11.7 Å². The van der Waals surface area contributed by atoms with Gasteiger partial charge in [0.15, 0.2) is 11.0 Å². The van der Waals surface area contributed by atoms with E-state index in [0.717, 1.165) is 29.1 Å². The highest BCUT2D eigenvalue weighted by Gasteiger charge is 2.18. The Balaban J connectivity index is 1.73. The lowest BCUT2D eigenvalue weighted by Crippen LogP contribution is -2.15. The summed E-state index contributed by atoms with van der Waals surface area (Å²) >= 11 is 1.34. The number of carbonyl (C=O) groups excluding carboxylic acids is 1. The molecule has 0 atom stereocenters. The van der Waals surface area contributed by atoms with Gasteiger partial charge in [-0.25, -0.2) is 0 Å². The normalized spacial score (nSPS) is 10.9. The number of aromatic nitrogens is 3. The molecule has 1 N–H and O–H groups in total. The first-order chi connectivity index (χ1) is 14.5. The minimum absolute atomic E-state index is 0.142. The van der Waals surface area contributed by atoms with Crippen molar-refractivity contribution >= 4 is 23.4 Å². The van der Waals surface area contributed by atoms with E-state index in [0.29, 0.717) is 29.7 Å². The second-order valence-electron chi connectivity index (χ2n) is 6.74. The summed E-state index contributed by atoms with van der Waals surface area (Å²) in [5.74, 6) is 2.18. The molecule has 2 heterocycles. The number of rotatable bonds is 10. The van der Waals surface area contributed by atoms with Crippen molar-refractivity contribution in [2.24, 2.45) is 0 Å². The summed E-state index contributed by atoms with van der Waals surface area (Å²) in [6.07, 6.45) is 2.44. The predicted molar refractivity (Wildman–Crippen MR) is 116 cm³/mol. The zero-order valence-electron chi connectivity index (χ0n) is 17.6. The van der Waals surface area contributed by atoms with E-state index in [9.17, 15) is 4.79 Å². The van der Waals surface area contributed by atoms with Gasteiger partial charge in [-0.15, -0.1) is 10.2 Å². The van der Waals surface area contributed by atoms with E-state index >= 15 is 0 Å². The molecule has 1 amide bonds. The van der Waals surface area contributed by atoms with Crippen molar-refractivity contribution in [2.45, 2.75) is 32.0 Å². The van der Waals surface area contributed by atoms with Crippen molar-refractivity contribution in [1.82, 2.24) is 14.8 Å². The Bertz CT molecular complexity index is 999. The summed E-state index contributed by atoms with van der Waals surface area (Å²) in [5, 5.41) is 12.2. The molecular weight excluding hydrogens is 404 g/mol. The number of hydrogen-bond donors (Lipinski definition) is 1. The average Bonchev–Trinajstić information content (AvgIpc) is 3.32. The lowest BCUT2D eigenvalue weighted by molar-refractivity contribution is -0.113. The van der Waals surface area contributed by atoms with Crippen LogP contribution in [0.4, 0.5) is 5.69 Å². The van der Waals surface area contributed by atoms with Gasteiger partial charge in [-0.1, -0.05) is 17.8 Å². The summed E-state index contributed by atoms with van der Waals surface area (Å²) in [6.45, 7) is 5.15. The van der Waals surface area contributed by atoms with Crippen LogP contribution in [0.25, 0.3) is 11.4 Å². The number of thioether (sulfide) groups is 1. The van der Waals surface area contributed by atoms with Crippen LogP contribution in [0.2, 0.25) is 0 Å². The lowest BCUT2D eigenvalue weighted by atomic mass is 10.2. The molecule has 8 nitrogen and oxygen atoms in total. The number of furan rings is 1. The number of hydrogen-bond acceptors (Lipinski definition) is 7. The van der Waals surface area contributed by atoms with Crippen LogP contribution in [0.5, 0.6) is 5.75 Å². The number of anilines is 1. The summed E-state index contributed by atoms with van der Waals surface area (Å²) in [7, 11) is 3.25. The standard InChI is InChI=1S/C21H26N4O4S/c1-14-6-7-18(28-4)17(12-14)22-19(26)13-30-21-24-23-20(16-8-11-29-15(16)2)25(21)9-5-10-27-3/h6-8,11-12H,5,9-10,13H2,1-4H3,(H,22,26). The summed E-state index contributed by atoms with van der Waals surface area (Å²) < 4.78 is 17.9. The monoisotopic (exact) mass is 430 g/mol. The topological polar surface area (TPSA) is 91.4 Å². The second kappa shape index (κ2) is 10.3. The average molecular weight is 431 g/mol. The Morgan fingerprint density at radius 1 is 1.23 bits per heavy atom.